The Hall–Kier alpha value is -2.30. The minimum atomic E-state index is -3.91. The fourth-order valence-corrected chi connectivity index (χ4v) is 4.65. The van der Waals surface area contributed by atoms with Crippen LogP contribution < -0.4 is 14.4 Å². The molecule has 0 heterocycles. The summed E-state index contributed by atoms with van der Waals surface area (Å²) >= 11 is 7.97. The Morgan fingerprint density at radius 1 is 0.968 bits per heavy atom. The van der Waals surface area contributed by atoms with Crippen molar-refractivity contribution in [2.45, 2.75) is 4.90 Å². The summed E-state index contributed by atoms with van der Waals surface area (Å²) in [5.74, 6) is 0.198. The van der Waals surface area contributed by atoms with Crippen molar-refractivity contribution in [2.24, 2.45) is 0 Å². The van der Waals surface area contributed by atoms with E-state index < -0.39 is 15.9 Å². The van der Waals surface area contributed by atoms with E-state index in [0.717, 1.165) is 7.88 Å². The minimum Gasteiger partial charge on any atom is -0.492 e. The van der Waals surface area contributed by atoms with Gasteiger partial charge in [-0.1, -0.05) is 29.8 Å². The van der Waals surface area contributed by atoms with E-state index in [-0.39, 0.29) is 24.6 Å². The molecule has 0 unspecified atom stereocenters. The molecule has 162 valence electrons. The fraction of sp³-hybridized carbons (Fsp3) is 0.136. The van der Waals surface area contributed by atoms with Gasteiger partial charge in [-0.05, 0) is 83.3 Å². The molecule has 0 atom stereocenters. The second kappa shape index (κ2) is 10.8. The van der Waals surface area contributed by atoms with Gasteiger partial charge in [0.1, 0.15) is 18.9 Å². The van der Waals surface area contributed by atoms with Crippen molar-refractivity contribution in [3.05, 3.63) is 87.5 Å². The van der Waals surface area contributed by atoms with Crippen LogP contribution >= 0.6 is 34.2 Å². The van der Waals surface area contributed by atoms with Gasteiger partial charge in [0.05, 0.1) is 17.1 Å². The number of benzene rings is 3. The number of hydrogen-bond donors (Lipinski definition) is 1. The highest BCUT2D eigenvalue weighted by Crippen LogP contribution is 2.24. The molecular weight excluding hydrogens is 551 g/mol. The van der Waals surface area contributed by atoms with Crippen molar-refractivity contribution in [2.75, 3.05) is 24.0 Å². The second-order valence-electron chi connectivity index (χ2n) is 6.45. The number of nitrogens with one attached hydrogen (secondary N) is 1. The number of carbonyl (C=O) groups is 1. The molecule has 9 heteroatoms. The van der Waals surface area contributed by atoms with Gasteiger partial charge in [-0.3, -0.25) is 9.10 Å². The maximum atomic E-state index is 13.2. The standard InChI is InChI=1S/C22H20ClIN2O4S/c23-17-6-12-20(13-7-17)30-15-14-25-22(27)16-26(19-10-8-18(24)9-11-19)31(28,29)21-4-2-1-3-5-21/h1-13H,14-16H2,(H,25,27). The van der Waals surface area contributed by atoms with Crippen LogP contribution in [-0.4, -0.2) is 34.0 Å². The van der Waals surface area contributed by atoms with Gasteiger partial charge in [-0.2, -0.15) is 0 Å². The van der Waals surface area contributed by atoms with E-state index in [1.54, 1.807) is 66.7 Å². The highest BCUT2D eigenvalue weighted by Gasteiger charge is 2.26. The Bertz CT molecular complexity index is 1110. The van der Waals surface area contributed by atoms with Gasteiger partial charge in [0.25, 0.3) is 10.0 Å². The number of sulfonamides is 1. The maximum Gasteiger partial charge on any atom is 0.264 e. The van der Waals surface area contributed by atoms with Gasteiger partial charge < -0.3 is 10.1 Å². The van der Waals surface area contributed by atoms with Crippen molar-refractivity contribution in [1.82, 2.24) is 5.32 Å². The first-order valence-electron chi connectivity index (χ1n) is 9.35. The van der Waals surface area contributed by atoms with Crippen molar-refractivity contribution < 1.29 is 17.9 Å². The SMILES string of the molecule is O=C(CN(c1ccc(I)cc1)S(=O)(=O)c1ccccc1)NCCOc1ccc(Cl)cc1. The van der Waals surface area contributed by atoms with Gasteiger partial charge in [0.2, 0.25) is 5.91 Å². The average molecular weight is 571 g/mol. The summed E-state index contributed by atoms with van der Waals surface area (Å²) in [5, 5.41) is 3.31. The predicted molar refractivity (Wildman–Crippen MR) is 130 cm³/mol. The molecule has 0 aromatic heterocycles. The van der Waals surface area contributed by atoms with E-state index in [1.165, 1.54) is 12.1 Å². The highest BCUT2D eigenvalue weighted by atomic mass is 127. The Kier molecular flexibility index (Phi) is 8.16. The predicted octanol–water partition coefficient (Wildman–Crippen LogP) is 4.34. The third-order valence-electron chi connectivity index (χ3n) is 4.24. The summed E-state index contributed by atoms with van der Waals surface area (Å²) in [5.41, 5.74) is 0.414. The lowest BCUT2D eigenvalue weighted by molar-refractivity contribution is -0.119. The lowest BCUT2D eigenvalue weighted by Crippen LogP contribution is -2.41. The van der Waals surface area contributed by atoms with Crippen LogP contribution in [0.15, 0.2) is 83.8 Å². The summed E-state index contributed by atoms with van der Waals surface area (Å²) < 4.78 is 34.0. The molecule has 0 radical (unpaired) electrons. The molecule has 0 aliphatic heterocycles. The normalized spacial score (nSPS) is 11.0. The number of anilines is 1. The van der Waals surface area contributed by atoms with Crippen molar-refractivity contribution in [1.29, 1.82) is 0 Å². The largest absolute Gasteiger partial charge is 0.492 e. The van der Waals surface area contributed by atoms with Crippen LogP contribution in [0.1, 0.15) is 0 Å². The number of ether oxygens (including phenoxy) is 1. The number of nitrogens with zero attached hydrogens (tertiary/aromatic N) is 1. The number of hydrogen-bond acceptors (Lipinski definition) is 4. The topological polar surface area (TPSA) is 75.7 Å². The number of amides is 1. The van der Waals surface area contributed by atoms with Crippen LogP contribution in [0.5, 0.6) is 5.75 Å². The van der Waals surface area contributed by atoms with Gasteiger partial charge in [0.15, 0.2) is 0 Å². The number of rotatable bonds is 9. The zero-order valence-electron chi connectivity index (χ0n) is 16.4. The minimum absolute atomic E-state index is 0.118. The lowest BCUT2D eigenvalue weighted by Gasteiger charge is -2.24. The van der Waals surface area contributed by atoms with E-state index in [9.17, 15) is 13.2 Å². The van der Waals surface area contributed by atoms with Crippen LogP contribution in [0.25, 0.3) is 0 Å². The Labute approximate surface area is 200 Å². The molecule has 3 aromatic carbocycles. The molecule has 0 saturated heterocycles. The van der Waals surface area contributed by atoms with Crippen molar-refractivity contribution in [3.63, 3.8) is 0 Å². The van der Waals surface area contributed by atoms with Crippen LogP contribution in [0, 0.1) is 3.57 Å². The first kappa shape index (κ1) is 23.4. The van der Waals surface area contributed by atoms with Gasteiger partial charge in [-0.25, -0.2) is 8.42 Å². The van der Waals surface area contributed by atoms with E-state index in [1.807, 2.05) is 0 Å². The molecule has 0 spiro atoms. The number of halogens is 2. The maximum absolute atomic E-state index is 13.2. The molecule has 31 heavy (non-hydrogen) atoms. The molecule has 0 saturated carbocycles. The summed E-state index contributed by atoms with van der Waals surface area (Å²) in [7, 11) is -3.91. The van der Waals surface area contributed by atoms with Crippen molar-refractivity contribution in [3.8, 4) is 5.75 Å². The molecule has 3 aromatic rings. The summed E-state index contributed by atoms with van der Waals surface area (Å²) in [4.78, 5) is 12.7. The Morgan fingerprint density at radius 3 is 2.26 bits per heavy atom. The Balaban J connectivity index is 1.67. The summed E-state index contributed by atoms with van der Waals surface area (Å²) in [6.45, 7) is 0.120. The van der Waals surface area contributed by atoms with E-state index in [2.05, 4.69) is 27.9 Å². The highest BCUT2D eigenvalue weighted by molar-refractivity contribution is 14.1. The van der Waals surface area contributed by atoms with Gasteiger partial charge >= 0.3 is 0 Å². The van der Waals surface area contributed by atoms with E-state index in [0.29, 0.717) is 16.5 Å². The third kappa shape index (κ3) is 6.59. The first-order valence-corrected chi connectivity index (χ1v) is 12.2. The molecule has 0 fully saturated rings. The molecule has 0 aliphatic rings. The van der Waals surface area contributed by atoms with Crippen molar-refractivity contribution >= 4 is 55.8 Å². The van der Waals surface area contributed by atoms with Crippen LogP contribution in [-0.2, 0) is 14.8 Å². The lowest BCUT2D eigenvalue weighted by atomic mass is 10.3. The van der Waals surface area contributed by atoms with Crippen LogP contribution in [0.2, 0.25) is 5.02 Å². The molecule has 1 N–H and O–H groups in total. The average Bonchev–Trinajstić information content (AvgIpc) is 2.77. The van der Waals surface area contributed by atoms with Gasteiger partial charge in [0, 0.05) is 8.59 Å². The molecule has 6 nitrogen and oxygen atoms in total. The zero-order chi connectivity index (χ0) is 22.3. The smallest absolute Gasteiger partial charge is 0.264 e. The Morgan fingerprint density at radius 2 is 1.61 bits per heavy atom. The molecule has 1 amide bonds. The van der Waals surface area contributed by atoms with Crippen LogP contribution in [0.4, 0.5) is 5.69 Å². The first-order chi connectivity index (χ1) is 14.9. The summed E-state index contributed by atoms with van der Waals surface area (Å²) in [6, 6.07) is 21.9. The molecular formula is C22H20ClIN2O4S. The second-order valence-corrected chi connectivity index (χ2v) is 10.00. The monoisotopic (exact) mass is 570 g/mol. The summed E-state index contributed by atoms with van der Waals surface area (Å²) in [6.07, 6.45) is 0. The quantitative estimate of drug-likeness (QED) is 0.307. The van der Waals surface area contributed by atoms with Gasteiger partial charge in [-0.15, -0.1) is 0 Å². The molecule has 0 aliphatic carbocycles. The van der Waals surface area contributed by atoms with E-state index in [4.69, 9.17) is 16.3 Å². The molecule has 0 bridgehead atoms. The van der Waals surface area contributed by atoms with E-state index >= 15 is 0 Å². The zero-order valence-corrected chi connectivity index (χ0v) is 20.1. The third-order valence-corrected chi connectivity index (χ3v) is 7.00. The van der Waals surface area contributed by atoms with Crippen LogP contribution in [0.3, 0.4) is 0 Å². The molecule has 3 rings (SSSR count). The number of carbonyl (C=O) groups excluding carboxylic acids is 1. The fourth-order valence-electron chi connectivity index (χ4n) is 2.72.